The summed E-state index contributed by atoms with van der Waals surface area (Å²) in [4.78, 5) is 22.8. The maximum atomic E-state index is 11.4. The second-order valence-corrected chi connectivity index (χ2v) is 4.16. The highest BCUT2D eigenvalue weighted by Crippen LogP contribution is 2.04. The van der Waals surface area contributed by atoms with Crippen LogP contribution < -0.4 is 10.9 Å². The van der Waals surface area contributed by atoms with Gasteiger partial charge in [-0.2, -0.15) is 0 Å². The molecule has 4 nitrogen and oxygen atoms in total. The standard InChI is InChI=1S/C11H13BrN2O2/c1-2-3-6-13-10(15)8-14-7-9(12)4-5-11(14)16/h2,4-5,7H,1,3,6,8H2,(H,13,15). The summed E-state index contributed by atoms with van der Waals surface area (Å²) in [6.45, 7) is 4.14. The summed E-state index contributed by atoms with van der Waals surface area (Å²) >= 11 is 3.25. The van der Waals surface area contributed by atoms with Gasteiger partial charge in [0.15, 0.2) is 0 Å². The molecule has 0 aliphatic heterocycles. The fraction of sp³-hybridized carbons (Fsp3) is 0.273. The van der Waals surface area contributed by atoms with Gasteiger partial charge in [-0.1, -0.05) is 6.08 Å². The van der Waals surface area contributed by atoms with Crippen LogP contribution in [0.4, 0.5) is 0 Å². The van der Waals surface area contributed by atoms with Crippen LogP contribution in [0.15, 0.2) is 40.3 Å². The molecule has 0 spiro atoms. The molecule has 0 fully saturated rings. The first-order valence-corrected chi connectivity index (χ1v) is 5.66. The lowest BCUT2D eigenvalue weighted by Gasteiger charge is -2.06. The van der Waals surface area contributed by atoms with Crippen LogP contribution in [0.3, 0.4) is 0 Å². The summed E-state index contributed by atoms with van der Waals surface area (Å²) in [5, 5.41) is 2.69. The lowest BCUT2D eigenvalue weighted by molar-refractivity contribution is -0.121. The van der Waals surface area contributed by atoms with E-state index in [0.29, 0.717) is 6.54 Å². The van der Waals surface area contributed by atoms with E-state index in [0.717, 1.165) is 10.9 Å². The number of hydrogen-bond acceptors (Lipinski definition) is 2. The van der Waals surface area contributed by atoms with E-state index in [1.54, 1.807) is 18.3 Å². The van der Waals surface area contributed by atoms with Crippen molar-refractivity contribution in [3.05, 3.63) is 45.8 Å². The average Bonchev–Trinajstić information content (AvgIpc) is 2.24. The Morgan fingerprint density at radius 1 is 1.56 bits per heavy atom. The van der Waals surface area contributed by atoms with Crippen LogP contribution in [0.5, 0.6) is 0 Å². The third kappa shape index (κ3) is 4.02. The van der Waals surface area contributed by atoms with Crippen molar-refractivity contribution in [3.8, 4) is 0 Å². The number of hydrogen-bond donors (Lipinski definition) is 1. The molecule has 1 aromatic rings. The predicted molar refractivity (Wildman–Crippen MR) is 66.2 cm³/mol. The van der Waals surface area contributed by atoms with Crippen LogP contribution in [0, 0.1) is 0 Å². The molecule has 0 atom stereocenters. The number of halogens is 1. The Morgan fingerprint density at radius 2 is 2.31 bits per heavy atom. The normalized spacial score (nSPS) is 9.81. The number of pyridine rings is 1. The molecule has 0 aliphatic carbocycles. The van der Waals surface area contributed by atoms with E-state index in [4.69, 9.17) is 0 Å². The summed E-state index contributed by atoms with van der Waals surface area (Å²) < 4.78 is 2.12. The van der Waals surface area contributed by atoms with E-state index in [9.17, 15) is 9.59 Å². The van der Waals surface area contributed by atoms with E-state index in [1.807, 2.05) is 0 Å². The highest BCUT2D eigenvalue weighted by Gasteiger charge is 2.03. The SMILES string of the molecule is C=CCCNC(=O)Cn1cc(Br)ccc1=O. The zero-order valence-electron chi connectivity index (χ0n) is 8.78. The molecule has 1 aromatic heterocycles. The van der Waals surface area contributed by atoms with Gasteiger partial charge in [0.2, 0.25) is 5.91 Å². The van der Waals surface area contributed by atoms with Crippen molar-refractivity contribution < 1.29 is 4.79 Å². The molecule has 0 aliphatic rings. The van der Waals surface area contributed by atoms with Gasteiger partial charge in [0.25, 0.3) is 5.56 Å². The Kier molecular flexibility index (Phi) is 4.98. The minimum absolute atomic E-state index is 0.0371. The Morgan fingerprint density at radius 3 is 3.00 bits per heavy atom. The number of nitrogens with zero attached hydrogens (tertiary/aromatic N) is 1. The predicted octanol–water partition coefficient (Wildman–Crippen LogP) is 1.30. The molecule has 0 aromatic carbocycles. The molecule has 0 unspecified atom stereocenters. The zero-order valence-corrected chi connectivity index (χ0v) is 10.4. The van der Waals surface area contributed by atoms with Crippen LogP contribution >= 0.6 is 15.9 Å². The highest BCUT2D eigenvalue weighted by molar-refractivity contribution is 9.10. The van der Waals surface area contributed by atoms with Crippen molar-refractivity contribution in [1.82, 2.24) is 9.88 Å². The van der Waals surface area contributed by atoms with Gasteiger partial charge < -0.3 is 9.88 Å². The number of rotatable bonds is 5. The Hall–Kier alpha value is -1.36. The number of amides is 1. The summed E-state index contributed by atoms with van der Waals surface area (Å²) in [5.74, 6) is -0.179. The van der Waals surface area contributed by atoms with Crippen LogP contribution in [-0.4, -0.2) is 17.0 Å². The van der Waals surface area contributed by atoms with Crippen LogP contribution in [0.1, 0.15) is 6.42 Å². The van der Waals surface area contributed by atoms with E-state index < -0.39 is 0 Å². The Balaban J connectivity index is 2.59. The van der Waals surface area contributed by atoms with Crippen LogP contribution in [-0.2, 0) is 11.3 Å². The van der Waals surface area contributed by atoms with Gasteiger partial charge in [-0.15, -0.1) is 6.58 Å². The first-order chi connectivity index (χ1) is 7.63. The molecule has 0 radical (unpaired) electrons. The van der Waals surface area contributed by atoms with Gasteiger partial charge in [-0.3, -0.25) is 9.59 Å². The molecule has 1 amide bonds. The monoisotopic (exact) mass is 284 g/mol. The third-order valence-corrected chi connectivity index (χ3v) is 2.40. The maximum absolute atomic E-state index is 11.4. The molecule has 1 N–H and O–H groups in total. The van der Waals surface area contributed by atoms with Gasteiger partial charge in [-0.05, 0) is 28.4 Å². The van der Waals surface area contributed by atoms with Gasteiger partial charge in [-0.25, -0.2) is 0 Å². The number of nitrogens with one attached hydrogen (secondary N) is 1. The molecule has 16 heavy (non-hydrogen) atoms. The van der Waals surface area contributed by atoms with Crippen molar-refractivity contribution in [2.45, 2.75) is 13.0 Å². The minimum atomic E-state index is -0.193. The second-order valence-electron chi connectivity index (χ2n) is 3.24. The Labute approximate surface area is 102 Å². The van der Waals surface area contributed by atoms with Crippen molar-refractivity contribution in [2.75, 3.05) is 6.54 Å². The maximum Gasteiger partial charge on any atom is 0.251 e. The molecule has 0 saturated heterocycles. The van der Waals surface area contributed by atoms with Crippen molar-refractivity contribution >= 4 is 21.8 Å². The molecule has 5 heteroatoms. The number of carbonyl (C=O) groups excluding carboxylic acids is 1. The van der Waals surface area contributed by atoms with Gasteiger partial charge in [0, 0.05) is 23.3 Å². The second kappa shape index (κ2) is 6.27. The summed E-state index contributed by atoms with van der Waals surface area (Å²) in [5.41, 5.74) is -0.193. The van der Waals surface area contributed by atoms with Gasteiger partial charge >= 0.3 is 0 Å². The van der Waals surface area contributed by atoms with Gasteiger partial charge in [0.05, 0.1) is 0 Å². The molecular weight excluding hydrogens is 272 g/mol. The molecule has 1 heterocycles. The van der Waals surface area contributed by atoms with Crippen molar-refractivity contribution in [2.24, 2.45) is 0 Å². The summed E-state index contributed by atoms with van der Waals surface area (Å²) in [6, 6.07) is 3.07. The van der Waals surface area contributed by atoms with Crippen LogP contribution in [0.25, 0.3) is 0 Å². The fourth-order valence-electron chi connectivity index (χ4n) is 1.15. The number of aromatic nitrogens is 1. The van der Waals surface area contributed by atoms with Crippen molar-refractivity contribution in [3.63, 3.8) is 0 Å². The first-order valence-electron chi connectivity index (χ1n) is 4.87. The molecule has 0 saturated carbocycles. The van der Waals surface area contributed by atoms with Crippen LogP contribution in [0.2, 0.25) is 0 Å². The molecule has 1 rings (SSSR count). The Bertz CT molecular complexity index is 440. The van der Waals surface area contributed by atoms with E-state index in [1.165, 1.54) is 10.6 Å². The molecule has 0 bridgehead atoms. The van der Waals surface area contributed by atoms with E-state index in [-0.39, 0.29) is 18.0 Å². The average molecular weight is 285 g/mol. The van der Waals surface area contributed by atoms with Gasteiger partial charge in [0.1, 0.15) is 6.54 Å². The van der Waals surface area contributed by atoms with E-state index in [2.05, 4.69) is 27.8 Å². The molecule has 86 valence electrons. The quantitative estimate of drug-likeness (QED) is 0.655. The topological polar surface area (TPSA) is 51.1 Å². The summed E-state index contributed by atoms with van der Waals surface area (Å²) in [7, 11) is 0. The first kappa shape index (κ1) is 12.7. The lowest BCUT2D eigenvalue weighted by atomic mass is 10.4. The fourth-order valence-corrected chi connectivity index (χ4v) is 1.53. The van der Waals surface area contributed by atoms with Crippen molar-refractivity contribution in [1.29, 1.82) is 0 Å². The molecular formula is C11H13BrN2O2. The smallest absolute Gasteiger partial charge is 0.251 e. The summed E-state index contributed by atoms with van der Waals surface area (Å²) in [6.07, 6.45) is 4.04. The largest absolute Gasteiger partial charge is 0.354 e. The highest BCUT2D eigenvalue weighted by atomic mass is 79.9. The van der Waals surface area contributed by atoms with E-state index >= 15 is 0 Å². The zero-order chi connectivity index (χ0) is 12.0. The minimum Gasteiger partial charge on any atom is -0.354 e. The lowest BCUT2D eigenvalue weighted by Crippen LogP contribution is -2.32. The third-order valence-electron chi connectivity index (χ3n) is 1.93. The number of carbonyl (C=O) groups is 1.